The number of carbonyl (C=O) groups excluding carboxylic acids is 2. The highest BCUT2D eigenvalue weighted by Crippen LogP contribution is 2.31. The van der Waals surface area contributed by atoms with Gasteiger partial charge < -0.3 is 19.5 Å². The first kappa shape index (κ1) is 17.9. The molecule has 1 aliphatic heterocycles. The van der Waals surface area contributed by atoms with Gasteiger partial charge in [-0.2, -0.15) is 0 Å². The van der Waals surface area contributed by atoms with Crippen molar-refractivity contribution >= 4 is 29.7 Å². The van der Waals surface area contributed by atoms with Gasteiger partial charge in [-0.25, -0.2) is 4.79 Å². The topological polar surface area (TPSA) is 73.9 Å². The number of hydrogen-bond donors (Lipinski definition) is 1. The Bertz CT molecular complexity index is 696. The molecule has 0 spiro atoms. The second kappa shape index (κ2) is 8.44. The number of esters is 1. The van der Waals surface area contributed by atoms with Crippen molar-refractivity contribution in [2.75, 3.05) is 27.1 Å². The van der Waals surface area contributed by atoms with Gasteiger partial charge in [0.05, 0.1) is 21.3 Å². The fourth-order valence-corrected chi connectivity index (χ4v) is 3.21. The molecule has 0 saturated heterocycles. The van der Waals surface area contributed by atoms with Gasteiger partial charge in [-0.05, 0) is 30.2 Å². The normalized spacial score (nSPS) is 14.0. The molecule has 0 bridgehead atoms. The molecule has 1 aliphatic rings. The third-order valence-corrected chi connectivity index (χ3v) is 4.46. The smallest absolute Gasteiger partial charge is 0.346 e. The maximum atomic E-state index is 12.1. The Labute approximate surface area is 144 Å². The Balaban J connectivity index is 2.07. The standard InChI is InChI=1S/C17H19NO5S/c1-21-13-6-4-11(10-14(13)22-2)5-7-15(19)18-12-8-9-24-16(12)17(20)23-3/h4-7,10H,8-9H2,1-3H3,(H,18,19)/b7-5+. The summed E-state index contributed by atoms with van der Waals surface area (Å²) in [5.41, 5.74) is 1.40. The van der Waals surface area contributed by atoms with E-state index in [9.17, 15) is 9.59 Å². The molecule has 2 rings (SSSR count). The minimum Gasteiger partial charge on any atom is -0.493 e. The lowest BCUT2D eigenvalue weighted by atomic mass is 10.2. The summed E-state index contributed by atoms with van der Waals surface area (Å²) in [6, 6.07) is 5.35. The molecule has 0 fully saturated rings. The summed E-state index contributed by atoms with van der Waals surface area (Å²) in [5, 5.41) is 2.74. The Kier molecular flexibility index (Phi) is 6.31. The molecule has 1 N–H and O–H groups in total. The molecule has 0 aliphatic carbocycles. The zero-order valence-electron chi connectivity index (χ0n) is 13.8. The van der Waals surface area contributed by atoms with Crippen LogP contribution in [0.25, 0.3) is 6.08 Å². The van der Waals surface area contributed by atoms with E-state index in [4.69, 9.17) is 14.2 Å². The first-order chi connectivity index (χ1) is 11.6. The number of carbonyl (C=O) groups is 2. The van der Waals surface area contributed by atoms with Gasteiger partial charge in [0.2, 0.25) is 5.91 Å². The Morgan fingerprint density at radius 2 is 1.92 bits per heavy atom. The van der Waals surface area contributed by atoms with E-state index in [1.165, 1.54) is 24.9 Å². The molecule has 1 aromatic rings. The van der Waals surface area contributed by atoms with Gasteiger partial charge in [-0.1, -0.05) is 6.07 Å². The number of methoxy groups -OCH3 is 3. The van der Waals surface area contributed by atoms with Crippen LogP contribution in [0, 0.1) is 0 Å². The van der Waals surface area contributed by atoms with E-state index in [1.807, 2.05) is 6.07 Å². The van der Waals surface area contributed by atoms with Crippen LogP contribution in [0.15, 0.2) is 34.9 Å². The van der Waals surface area contributed by atoms with Crippen molar-refractivity contribution < 1.29 is 23.8 Å². The number of amides is 1. The zero-order chi connectivity index (χ0) is 17.5. The third kappa shape index (κ3) is 4.32. The second-order valence-corrected chi connectivity index (χ2v) is 5.94. The fraction of sp³-hybridized carbons (Fsp3) is 0.294. The lowest BCUT2D eigenvalue weighted by Crippen LogP contribution is -2.21. The van der Waals surface area contributed by atoms with Crippen molar-refractivity contribution in [1.29, 1.82) is 0 Å². The molecule has 0 radical (unpaired) electrons. The molecule has 1 aromatic carbocycles. The highest BCUT2D eigenvalue weighted by Gasteiger charge is 2.23. The minimum atomic E-state index is -0.420. The Hall–Kier alpha value is -2.41. The van der Waals surface area contributed by atoms with E-state index >= 15 is 0 Å². The maximum absolute atomic E-state index is 12.1. The molecule has 1 amide bonds. The number of allylic oxidation sites excluding steroid dienone is 1. The van der Waals surface area contributed by atoms with E-state index in [0.29, 0.717) is 28.5 Å². The fourth-order valence-electron chi connectivity index (χ4n) is 2.17. The summed E-state index contributed by atoms with van der Waals surface area (Å²) in [6.07, 6.45) is 3.70. The maximum Gasteiger partial charge on any atom is 0.346 e. The summed E-state index contributed by atoms with van der Waals surface area (Å²) in [5.74, 6) is 1.23. The van der Waals surface area contributed by atoms with Gasteiger partial charge in [-0.15, -0.1) is 11.8 Å². The van der Waals surface area contributed by atoms with Crippen LogP contribution in [0.2, 0.25) is 0 Å². The summed E-state index contributed by atoms with van der Waals surface area (Å²) in [6.45, 7) is 0. The van der Waals surface area contributed by atoms with Crippen molar-refractivity contribution in [2.24, 2.45) is 0 Å². The molecule has 0 aromatic heterocycles. The van der Waals surface area contributed by atoms with Crippen LogP contribution < -0.4 is 14.8 Å². The van der Waals surface area contributed by atoms with Gasteiger partial charge in [-0.3, -0.25) is 4.79 Å². The van der Waals surface area contributed by atoms with Gasteiger partial charge in [0.15, 0.2) is 11.5 Å². The Morgan fingerprint density at radius 1 is 1.17 bits per heavy atom. The first-order valence-electron chi connectivity index (χ1n) is 7.24. The van der Waals surface area contributed by atoms with Crippen LogP contribution in [0.1, 0.15) is 12.0 Å². The van der Waals surface area contributed by atoms with Crippen molar-refractivity contribution in [2.45, 2.75) is 6.42 Å². The number of nitrogens with one attached hydrogen (secondary N) is 1. The van der Waals surface area contributed by atoms with Crippen LogP contribution in [-0.2, 0) is 14.3 Å². The zero-order valence-corrected chi connectivity index (χ0v) is 14.6. The summed E-state index contributed by atoms with van der Waals surface area (Å²) < 4.78 is 15.1. The van der Waals surface area contributed by atoms with E-state index < -0.39 is 5.97 Å². The van der Waals surface area contributed by atoms with Crippen LogP contribution in [0.3, 0.4) is 0 Å². The second-order valence-electron chi connectivity index (χ2n) is 4.83. The van der Waals surface area contributed by atoms with Crippen LogP contribution >= 0.6 is 11.8 Å². The van der Waals surface area contributed by atoms with E-state index in [2.05, 4.69) is 5.32 Å². The van der Waals surface area contributed by atoms with Gasteiger partial charge >= 0.3 is 5.97 Å². The quantitative estimate of drug-likeness (QED) is 0.628. The van der Waals surface area contributed by atoms with Gasteiger partial charge in [0.1, 0.15) is 4.91 Å². The molecule has 0 saturated carbocycles. The molecular weight excluding hydrogens is 330 g/mol. The molecule has 6 nitrogen and oxygen atoms in total. The molecule has 128 valence electrons. The number of ether oxygens (including phenoxy) is 3. The third-order valence-electron chi connectivity index (χ3n) is 3.35. The first-order valence-corrected chi connectivity index (χ1v) is 8.23. The van der Waals surface area contributed by atoms with Crippen molar-refractivity contribution in [3.8, 4) is 11.5 Å². The highest BCUT2D eigenvalue weighted by molar-refractivity contribution is 8.04. The van der Waals surface area contributed by atoms with Crippen LogP contribution in [-0.4, -0.2) is 39.0 Å². The van der Waals surface area contributed by atoms with Gasteiger partial charge in [0, 0.05) is 17.5 Å². The van der Waals surface area contributed by atoms with Crippen LogP contribution in [0.5, 0.6) is 11.5 Å². The van der Waals surface area contributed by atoms with Crippen LogP contribution in [0.4, 0.5) is 0 Å². The SMILES string of the molecule is COC(=O)C1=C(NC(=O)/C=C/c2ccc(OC)c(OC)c2)CCS1. The summed E-state index contributed by atoms with van der Waals surface area (Å²) in [7, 11) is 4.44. The van der Waals surface area contributed by atoms with Gasteiger partial charge in [0.25, 0.3) is 0 Å². The monoisotopic (exact) mass is 349 g/mol. The average molecular weight is 349 g/mol. The molecule has 1 heterocycles. The molecule has 0 atom stereocenters. The Morgan fingerprint density at radius 3 is 2.58 bits per heavy atom. The summed E-state index contributed by atoms with van der Waals surface area (Å²) in [4.78, 5) is 24.1. The molecule has 7 heteroatoms. The van der Waals surface area contributed by atoms with E-state index in [0.717, 1.165) is 11.3 Å². The van der Waals surface area contributed by atoms with E-state index in [1.54, 1.807) is 32.4 Å². The molecule has 24 heavy (non-hydrogen) atoms. The van der Waals surface area contributed by atoms with Crippen molar-refractivity contribution in [1.82, 2.24) is 5.32 Å². The predicted octanol–water partition coefficient (Wildman–Crippen LogP) is 2.35. The lowest BCUT2D eigenvalue weighted by Gasteiger charge is -2.08. The number of benzene rings is 1. The highest BCUT2D eigenvalue weighted by atomic mass is 32.2. The molecule has 0 unspecified atom stereocenters. The van der Waals surface area contributed by atoms with Crippen molar-refractivity contribution in [3.05, 3.63) is 40.4 Å². The lowest BCUT2D eigenvalue weighted by molar-refractivity contribution is -0.135. The number of thioether (sulfide) groups is 1. The average Bonchev–Trinajstić information content (AvgIpc) is 3.06. The van der Waals surface area contributed by atoms with E-state index in [-0.39, 0.29) is 5.91 Å². The molecular formula is C17H19NO5S. The number of rotatable bonds is 6. The minimum absolute atomic E-state index is 0.302. The summed E-state index contributed by atoms with van der Waals surface area (Å²) >= 11 is 1.38. The largest absolute Gasteiger partial charge is 0.493 e. The predicted molar refractivity (Wildman–Crippen MR) is 92.8 cm³/mol. The van der Waals surface area contributed by atoms with Crippen molar-refractivity contribution in [3.63, 3.8) is 0 Å². The number of hydrogen-bond acceptors (Lipinski definition) is 6.